The number of morpholine rings is 1. The monoisotopic (exact) mass is 822 g/mol. The van der Waals surface area contributed by atoms with Crippen molar-refractivity contribution >= 4 is 40.6 Å². The number of nitrogens with one attached hydrogen (secondary N) is 1. The Morgan fingerprint density at radius 3 is 2.28 bits per heavy atom. The standard InChI is InChI=1S/C39H42ClF3N10O5/c1-5-29-32(49-12-14-50(15-13-49)35(56)31-33(55)23(2)44-22-45-31)36(57)53-37(52(29)21-30(54)46-28-11-10-26(20-27(28)40)39(41,42)43)47-34(48-53)24-6-8-25(9-7-24)38(3,4)51-16-18-58-19-17-51/h6-11,20,22,55H,5,12-19,21H2,1-4H3,(H,46,54). The van der Waals surface area contributed by atoms with Crippen LogP contribution in [0.5, 0.6) is 5.75 Å². The summed E-state index contributed by atoms with van der Waals surface area (Å²) in [6, 6.07) is 10.4. The minimum Gasteiger partial charge on any atom is -0.504 e. The second-order valence-electron chi connectivity index (χ2n) is 14.6. The van der Waals surface area contributed by atoms with Crippen molar-refractivity contribution in [2.75, 3.05) is 62.7 Å². The number of halogens is 4. The van der Waals surface area contributed by atoms with Crippen LogP contribution < -0.4 is 15.8 Å². The molecule has 0 unspecified atom stereocenters. The van der Waals surface area contributed by atoms with Crippen molar-refractivity contribution in [1.82, 2.24) is 38.9 Å². The summed E-state index contributed by atoms with van der Waals surface area (Å²) in [6.45, 7) is 11.0. The number of hydrogen-bond acceptors (Lipinski definition) is 11. The molecule has 2 aromatic carbocycles. The van der Waals surface area contributed by atoms with Gasteiger partial charge in [-0.2, -0.15) is 22.7 Å². The van der Waals surface area contributed by atoms with E-state index in [2.05, 4.69) is 39.1 Å². The lowest BCUT2D eigenvalue weighted by atomic mass is 9.91. The highest BCUT2D eigenvalue weighted by Crippen LogP contribution is 2.34. The summed E-state index contributed by atoms with van der Waals surface area (Å²) < 4.78 is 48.2. The lowest BCUT2D eigenvalue weighted by Crippen LogP contribution is -2.51. The number of aryl methyl sites for hydroxylation is 1. The molecule has 2 aliphatic heterocycles. The zero-order valence-electron chi connectivity index (χ0n) is 32.3. The molecule has 15 nitrogen and oxygen atoms in total. The van der Waals surface area contributed by atoms with Crippen LogP contribution in [0.1, 0.15) is 53.8 Å². The van der Waals surface area contributed by atoms with Crippen molar-refractivity contribution in [3.63, 3.8) is 0 Å². The quantitative estimate of drug-likeness (QED) is 0.211. The first-order valence-corrected chi connectivity index (χ1v) is 19.1. The molecule has 2 N–H and O–H groups in total. The van der Waals surface area contributed by atoms with Crippen molar-refractivity contribution in [3.05, 3.63) is 92.4 Å². The number of fused-ring (bicyclic) bond motifs is 1. The summed E-state index contributed by atoms with van der Waals surface area (Å²) in [5, 5.41) is 17.4. The van der Waals surface area contributed by atoms with E-state index < -0.39 is 35.7 Å². The van der Waals surface area contributed by atoms with Gasteiger partial charge in [-0.1, -0.05) is 42.8 Å². The molecule has 5 aromatic rings. The molecule has 0 spiro atoms. The van der Waals surface area contributed by atoms with Crippen LogP contribution in [0.25, 0.3) is 17.2 Å². The van der Waals surface area contributed by atoms with E-state index in [0.29, 0.717) is 24.5 Å². The van der Waals surface area contributed by atoms with Gasteiger partial charge < -0.3 is 29.5 Å². The zero-order chi connectivity index (χ0) is 41.5. The SMILES string of the molecule is CCc1c(N2CCN(C(=O)c3ncnc(C)c3O)CC2)c(=O)n2nc(-c3ccc(C(C)(C)N4CCOCC4)cc3)nc2n1CC(=O)Nc1ccc(C(F)(F)F)cc1Cl. The number of carbonyl (C=O) groups is 2. The highest BCUT2D eigenvalue weighted by Gasteiger charge is 2.33. The molecule has 0 aliphatic carbocycles. The van der Waals surface area contributed by atoms with Crippen LogP contribution >= 0.6 is 11.6 Å². The van der Waals surface area contributed by atoms with Crippen LogP contribution in [0.15, 0.2) is 53.6 Å². The van der Waals surface area contributed by atoms with E-state index in [9.17, 15) is 32.7 Å². The Kier molecular flexibility index (Phi) is 11.2. The summed E-state index contributed by atoms with van der Waals surface area (Å²) in [5.74, 6) is -1.10. The maximum atomic E-state index is 14.5. The number of benzene rings is 2. The summed E-state index contributed by atoms with van der Waals surface area (Å²) >= 11 is 6.17. The first kappa shape index (κ1) is 40.6. The van der Waals surface area contributed by atoms with E-state index in [1.807, 2.05) is 36.1 Å². The van der Waals surface area contributed by atoms with Crippen LogP contribution in [-0.4, -0.2) is 108 Å². The summed E-state index contributed by atoms with van der Waals surface area (Å²) in [6.07, 6.45) is -3.14. The summed E-state index contributed by atoms with van der Waals surface area (Å²) in [5.41, 5.74) is 0.801. The number of aromatic nitrogens is 6. The molecule has 306 valence electrons. The molecule has 3 aromatic heterocycles. The molecule has 2 amide bonds. The molecular weight excluding hydrogens is 781 g/mol. The Hall–Kier alpha value is -5.59. The van der Waals surface area contributed by atoms with Crippen LogP contribution in [-0.2, 0) is 34.2 Å². The number of alkyl halides is 3. The van der Waals surface area contributed by atoms with Gasteiger partial charge in [-0.25, -0.2) is 9.97 Å². The van der Waals surface area contributed by atoms with Crippen LogP contribution in [0.4, 0.5) is 24.5 Å². The average Bonchev–Trinajstić information content (AvgIpc) is 3.67. The maximum absolute atomic E-state index is 14.5. The number of amides is 2. The first-order valence-electron chi connectivity index (χ1n) is 18.8. The minimum atomic E-state index is -4.62. The van der Waals surface area contributed by atoms with Gasteiger partial charge in [0.2, 0.25) is 11.7 Å². The van der Waals surface area contributed by atoms with Gasteiger partial charge in [-0.15, -0.1) is 5.10 Å². The van der Waals surface area contributed by atoms with E-state index in [4.69, 9.17) is 21.3 Å². The molecule has 2 aliphatic rings. The molecule has 0 saturated carbocycles. The Balaban J connectivity index is 1.24. The number of nitrogens with zero attached hydrogens (tertiary/aromatic N) is 9. The van der Waals surface area contributed by atoms with E-state index in [1.165, 1.54) is 11.2 Å². The van der Waals surface area contributed by atoms with E-state index in [0.717, 1.165) is 41.4 Å². The third kappa shape index (κ3) is 7.82. The third-order valence-electron chi connectivity index (χ3n) is 10.8. The highest BCUT2D eigenvalue weighted by molar-refractivity contribution is 6.33. The maximum Gasteiger partial charge on any atom is 0.416 e. The average molecular weight is 823 g/mol. The van der Waals surface area contributed by atoms with E-state index in [1.54, 1.807) is 11.5 Å². The Morgan fingerprint density at radius 1 is 0.966 bits per heavy atom. The Morgan fingerprint density at radius 2 is 1.64 bits per heavy atom. The van der Waals surface area contributed by atoms with Gasteiger partial charge in [0.25, 0.3) is 11.5 Å². The zero-order valence-corrected chi connectivity index (χ0v) is 33.1. The first-order chi connectivity index (χ1) is 27.6. The number of carbonyl (C=O) groups excluding carboxylic acids is 2. The van der Waals surface area contributed by atoms with Crippen molar-refractivity contribution in [2.24, 2.45) is 0 Å². The molecule has 19 heteroatoms. The van der Waals surface area contributed by atoms with E-state index >= 15 is 0 Å². The van der Waals surface area contributed by atoms with Crippen molar-refractivity contribution in [2.45, 2.75) is 52.4 Å². The molecule has 0 radical (unpaired) electrons. The minimum absolute atomic E-state index is 0.0250. The fourth-order valence-corrected chi connectivity index (χ4v) is 7.64. The molecule has 0 bridgehead atoms. The normalized spacial score (nSPS) is 15.6. The number of anilines is 2. The molecular formula is C39H42ClF3N10O5. The van der Waals surface area contributed by atoms with E-state index in [-0.39, 0.29) is 83.3 Å². The van der Waals surface area contributed by atoms with Gasteiger partial charge in [0.15, 0.2) is 17.3 Å². The number of hydrogen-bond donors (Lipinski definition) is 2. The van der Waals surface area contributed by atoms with Crippen LogP contribution in [0.3, 0.4) is 0 Å². The molecule has 7 rings (SSSR count). The van der Waals surface area contributed by atoms with Gasteiger partial charge in [-0.05, 0) is 51.0 Å². The van der Waals surface area contributed by atoms with Gasteiger partial charge in [0.05, 0.1) is 40.9 Å². The molecule has 58 heavy (non-hydrogen) atoms. The fraction of sp³-hybridized carbons (Fsp3) is 0.410. The lowest BCUT2D eigenvalue weighted by molar-refractivity contribution is -0.137. The molecule has 2 fully saturated rings. The molecule has 0 atom stereocenters. The summed E-state index contributed by atoms with van der Waals surface area (Å²) in [7, 11) is 0. The number of piperazine rings is 1. The Labute approximate surface area is 336 Å². The van der Waals surface area contributed by atoms with Crippen molar-refractivity contribution in [1.29, 1.82) is 0 Å². The van der Waals surface area contributed by atoms with Gasteiger partial charge in [0, 0.05) is 50.4 Å². The number of rotatable bonds is 9. The van der Waals surface area contributed by atoms with Gasteiger partial charge >= 0.3 is 6.18 Å². The predicted molar refractivity (Wildman–Crippen MR) is 209 cm³/mol. The van der Waals surface area contributed by atoms with Crippen LogP contribution in [0.2, 0.25) is 5.02 Å². The third-order valence-corrected chi connectivity index (χ3v) is 11.1. The fourth-order valence-electron chi connectivity index (χ4n) is 7.42. The molecule has 2 saturated heterocycles. The second-order valence-corrected chi connectivity index (χ2v) is 15.0. The predicted octanol–water partition coefficient (Wildman–Crippen LogP) is 4.77. The van der Waals surface area contributed by atoms with Gasteiger partial charge in [-0.3, -0.25) is 19.3 Å². The van der Waals surface area contributed by atoms with Crippen molar-refractivity contribution in [3.8, 4) is 17.1 Å². The number of aromatic hydroxyl groups is 1. The number of ether oxygens (including phenoxy) is 1. The largest absolute Gasteiger partial charge is 0.504 e. The smallest absolute Gasteiger partial charge is 0.416 e. The van der Waals surface area contributed by atoms with Crippen molar-refractivity contribution < 1.29 is 32.6 Å². The molecule has 5 heterocycles. The van der Waals surface area contributed by atoms with Gasteiger partial charge in [0.1, 0.15) is 18.6 Å². The lowest BCUT2D eigenvalue weighted by Gasteiger charge is -2.41. The topological polar surface area (TPSA) is 163 Å². The highest BCUT2D eigenvalue weighted by atomic mass is 35.5. The summed E-state index contributed by atoms with van der Waals surface area (Å²) in [4.78, 5) is 59.9. The Bertz CT molecular complexity index is 2420. The second kappa shape index (κ2) is 16.0. The van der Waals surface area contributed by atoms with Crippen LogP contribution in [0, 0.1) is 6.92 Å².